The van der Waals surface area contributed by atoms with Crippen molar-refractivity contribution in [3.63, 3.8) is 0 Å². The van der Waals surface area contributed by atoms with E-state index < -0.39 is 0 Å². The lowest BCUT2D eigenvalue weighted by Gasteiger charge is -2.47. The molecule has 2 fully saturated rings. The van der Waals surface area contributed by atoms with Gasteiger partial charge in [-0.25, -0.2) is 4.79 Å². The summed E-state index contributed by atoms with van der Waals surface area (Å²) in [6.07, 6.45) is 1.60. The molecule has 0 radical (unpaired) electrons. The van der Waals surface area contributed by atoms with Gasteiger partial charge in [-0.1, -0.05) is 48.5 Å². The summed E-state index contributed by atoms with van der Waals surface area (Å²) in [6.45, 7) is 3.50. The lowest BCUT2D eigenvalue weighted by molar-refractivity contribution is -0.146. The van der Waals surface area contributed by atoms with Crippen molar-refractivity contribution in [3.05, 3.63) is 59.7 Å². The average Bonchev–Trinajstić information content (AvgIpc) is 3.11. The molecule has 6 nitrogen and oxygen atoms in total. The van der Waals surface area contributed by atoms with Crippen LogP contribution in [-0.2, 0) is 19.0 Å². The van der Waals surface area contributed by atoms with Crippen molar-refractivity contribution in [1.29, 1.82) is 0 Å². The number of carbonyl (C=O) groups is 2. The number of fused-ring (bicyclic) bond motifs is 5. The molecule has 0 N–H and O–H groups in total. The largest absolute Gasteiger partial charge is 0.466 e. The zero-order valence-corrected chi connectivity index (χ0v) is 18.4. The summed E-state index contributed by atoms with van der Waals surface area (Å²) in [5, 5.41) is 0. The molecule has 1 aliphatic carbocycles. The van der Waals surface area contributed by atoms with Gasteiger partial charge in [0.2, 0.25) is 0 Å². The van der Waals surface area contributed by atoms with E-state index in [0.717, 1.165) is 12.8 Å². The molecule has 2 aliphatic heterocycles. The standard InChI is InChI=1S/C26H29NO5/c1-2-31-25(28)13-17-11-18-14-30-15-19(12-17)27(18)26(29)32-16-24-22-9-5-3-7-20(22)21-8-4-6-10-23(21)24/h3-10,17-19,24H,2,11-16H2,1H3. The van der Waals surface area contributed by atoms with E-state index in [1.807, 2.05) is 36.1 Å². The minimum absolute atomic E-state index is 0.0452. The van der Waals surface area contributed by atoms with Crippen molar-refractivity contribution >= 4 is 12.1 Å². The number of piperidine rings is 1. The fourth-order valence-electron chi connectivity index (χ4n) is 5.62. The van der Waals surface area contributed by atoms with Gasteiger partial charge < -0.3 is 14.2 Å². The SMILES string of the molecule is CCOC(=O)CC1CC2COCC(C1)N2C(=O)OCC1c2ccccc2-c2ccccc21. The van der Waals surface area contributed by atoms with Gasteiger partial charge >= 0.3 is 12.1 Å². The first-order chi connectivity index (χ1) is 15.7. The maximum Gasteiger partial charge on any atom is 0.410 e. The number of nitrogens with zero attached hydrogens (tertiary/aromatic N) is 1. The number of esters is 1. The summed E-state index contributed by atoms with van der Waals surface area (Å²) >= 11 is 0. The lowest BCUT2D eigenvalue weighted by Crippen LogP contribution is -2.59. The Morgan fingerprint density at radius 3 is 2.12 bits per heavy atom. The number of morpholine rings is 1. The number of hydrogen-bond donors (Lipinski definition) is 0. The smallest absolute Gasteiger partial charge is 0.410 e. The Hall–Kier alpha value is -2.86. The summed E-state index contributed by atoms with van der Waals surface area (Å²) in [7, 11) is 0. The Balaban J connectivity index is 1.27. The Morgan fingerprint density at radius 1 is 0.938 bits per heavy atom. The summed E-state index contributed by atoms with van der Waals surface area (Å²) in [5.41, 5.74) is 4.85. The summed E-state index contributed by atoms with van der Waals surface area (Å²) in [6, 6.07) is 16.6. The number of amides is 1. The Labute approximate surface area is 188 Å². The number of ether oxygens (including phenoxy) is 3. The molecule has 5 rings (SSSR count). The quantitative estimate of drug-likeness (QED) is 0.653. The molecular weight excluding hydrogens is 406 g/mol. The molecular formula is C26H29NO5. The van der Waals surface area contributed by atoms with Crippen LogP contribution in [0.5, 0.6) is 0 Å². The molecule has 2 atom stereocenters. The molecule has 2 aromatic carbocycles. The Morgan fingerprint density at radius 2 is 1.53 bits per heavy atom. The van der Waals surface area contributed by atoms with E-state index >= 15 is 0 Å². The van der Waals surface area contributed by atoms with Crippen molar-refractivity contribution in [2.75, 3.05) is 26.4 Å². The molecule has 2 aromatic rings. The molecule has 2 unspecified atom stereocenters. The second kappa shape index (κ2) is 8.94. The fourth-order valence-corrected chi connectivity index (χ4v) is 5.62. The molecule has 6 heteroatoms. The average molecular weight is 436 g/mol. The number of carbonyl (C=O) groups excluding carboxylic acids is 2. The molecule has 0 aromatic heterocycles. The first-order valence-electron chi connectivity index (χ1n) is 11.5. The molecule has 2 saturated heterocycles. The van der Waals surface area contributed by atoms with E-state index in [1.165, 1.54) is 22.3 Å². The summed E-state index contributed by atoms with van der Waals surface area (Å²) in [4.78, 5) is 27.0. The van der Waals surface area contributed by atoms with Crippen LogP contribution in [0, 0.1) is 5.92 Å². The number of hydrogen-bond acceptors (Lipinski definition) is 5. The number of rotatable bonds is 5. The van der Waals surface area contributed by atoms with Crippen molar-refractivity contribution in [3.8, 4) is 11.1 Å². The van der Waals surface area contributed by atoms with E-state index in [0.29, 0.717) is 32.8 Å². The van der Waals surface area contributed by atoms with Crippen molar-refractivity contribution in [2.45, 2.75) is 44.2 Å². The third kappa shape index (κ3) is 3.88. The molecule has 2 heterocycles. The van der Waals surface area contributed by atoms with Gasteiger partial charge in [-0.3, -0.25) is 9.69 Å². The van der Waals surface area contributed by atoms with Crippen LogP contribution in [0.25, 0.3) is 11.1 Å². The maximum absolute atomic E-state index is 13.2. The van der Waals surface area contributed by atoms with Gasteiger partial charge in [-0.15, -0.1) is 0 Å². The van der Waals surface area contributed by atoms with E-state index in [1.54, 1.807) is 0 Å². The molecule has 1 amide bonds. The van der Waals surface area contributed by atoms with Gasteiger partial charge in [0.15, 0.2) is 0 Å². The van der Waals surface area contributed by atoms with Crippen LogP contribution in [0.1, 0.15) is 43.2 Å². The normalized spacial score (nSPS) is 23.9. The van der Waals surface area contributed by atoms with Crippen LogP contribution in [0.4, 0.5) is 4.79 Å². The van der Waals surface area contributed by atoms with Crippen LogP contribution in [-0.4, -0.2) is 55.5 Å². The molecule has 0 saturated carbocycles. The van der Waals surface area contributed by atoms with E-state index in [9.17, 15) is 9.59 Å². The fraction of sp³-hybridized carbons (Fsp3) is 0.462. The van der Waals surface area contributed by atoms with Gasteiger partial charge in [-0.05, 0) is 47.9 Å². The first-order valence-corrected chi connectivity index (χ1v) is 11.5. The van der Waals surface area contributed by atoms with Crippen LogP contribution in [0.2, 0.25) is 0 Å². The van der Waals surface area contributed by atoms with Crippen molar-refractivity contribution < 1.29 is 23.8 Å². The Bertz CT molecular complexity index is 946. The molecule has 168 valence electrons. The highest BCUT2D eigenvalue weighted by atomic mass is 16.6. The zero-order chi connectivity index (χ0) is 22.1. The van der Waals surface area contributed by atoms with Crippen LogP contribution in [0.15, 0.2) is 48.5 Å². The van der Waals surface area contributed by atoms with Gasteiger partial charge in [0.1, 0.15) is 6.61 Å². The predicted octanol–water partition coefficient (Wildman–Crippen LogP) is 4.37. The van der Waals surface area contributed by atoms with Crippen LogP contribution in [0.3, 0.4) is 0 Å². The van der Waals surface area contributed by atoms with Crippen molar-refractivity contribution in [2.24, 2.45) is 5.92 Å². The monoisotopic (exact) mass is 435 g/mol. The molecule has 3 aliphatic rings. The topological polar surface area (TPSA) is 65.1 Å². The first kappa shape index (κ1) is 21.0. The van der Waals surface area contributed by atoms with E-state index in [4.69, 9.17) is 14.2 Å². The Kier molecular flexibility index (Phi) is 5.87. The minimum Gasteiger partial charge on any atom is -0.466 e. The summed E-state index contributed by atoms with van der Waals surface area (Å²) < 4.78 is 16.8. The van der Waals surface area contributed by atoms with Crippen molar-refractivity contribution in [1.82, 2.24) is 4.90 Å². The van der Waals surface area contributed by atoms with E-state index in [2.05, 4.69) is 24.3 Å². The molecule has 32 heavy (non-hydrogen) atoms. The minimum atomic E-state index is -0.278. The van der Waals surface area contributed by atoms with Gasteiger partial charge in [0.05, 0.1) is 31.9 Å². The lowest BCUT2D eigenvalue weighted by atomic mass is 9.83. The van der Waals surface area contributed by atoms with Crippen LogP contribution >= 0.6 is 0 Å². The second-order valence-electron chi connectivity index (χ2n) is 8.90. The zero-order valence-electron chi connectivity index (χ0n) is 18.4. The highest BCUT2D eigenvalue weighted by Crippen LogP contribution is 2.44. The maximum atomic E-state index is 13.2. The molecule has 0 spiro atoms. The summed E-state index contributed by atoms with van der Waals surface area (Å²) in [5.74, 6) is 0.0977. The highest BCUT2D eigenvalue weighted by Gasteiger charge is 2.43. The van der Waals surface area contributed by atoms with Crippen LogP contribution < -0.4 is 0 Å². The number of benzene rings is 2. The van der Waals surface area contributed by atoms with Gasteiger partial charge in [0.25, 0.3) is 0 Å². The van der Waals surface area contributed by atoms with Gasteiger partial charge in [-0.2, -0.15) is 0 Å². The predicted molar refractivity (Wildman–Crippen MR) is 119 cm³/mol. The van der Waals surface area contributed by atoms with E-state index in [-0.39, 0.29) is 36.0 Å². The highest BCUT2D eigenvalue weighted by molar-refractivity contribution is 5.79. The third-order valence-corrected chi connectivity index (χ3v) is 6.93. The third-order valence-electron chi connectivity index (χ3n) is 6.93. The second-order valence-corrected chi connectivity index (χ2v) is 8.90. The molecule has 2 bridgehead atoms. The van der Waals surface area contributed by atoms with Gasteiger partial charge in [0, 0.05) is 12.3 Å².